The molecule has 1 N–H and O–H groups in total. The lowest BCUT2D eigenvalue weighted by atomic mass is 9.91. The quantitative estimate of drug-likeness (QED) is 0.199. The van der Waals surface area contributed by atoms with Crippen molar-refractivity contribution >= 4 is 5.94 Å². The van der Waals surface area contributed by atoms with Crippen molar-refractivity contribution in [2.45, 2.75) is 56.6 Å². The molecule has 0 saturated carbocycles. The normalized spacial score (nSPS) is 23.4. The van der Waals surface area contributed by atoms with E-state index >= 15 is 0 Å². The molecule has 7 nitrogen and oxygen atoms in total. The molecule has 5 rings (SSSR count). The Morgan fingerprint density at radius 1 is 0.628 bits per heavy atom. The smallest absolute Gasteiger partial charge is 0.226 e. The van der Waals surface area contributed by atoms with Gasteiger partial charge in [-0.3, -0.25) is 0 Å². The van der Waals surface area contributed by atoms with E-state index in [1.54, 1.807) is 5.94 Å². The maximum absolute atomic E-state index is 11.8. The van der Waals surface area contributed by atoms with E-state index in [9.17, 15) is 9.90 Å². The van der Waals surface area contributed by atoms with Gasteiger partial charge in [-0.2, -0.15) is 0 Å². The van der Waals surface area contributed by atoms with E-state index in [-0.39, 0.29) is 26.4 Å². The van der Waals surface area contributed by atoms with Gasteiger partial charge in [0.25, 0.3) is 0 Å². The van der Waals surface area contributed by atoms with Crippen LogP contribution in [0.15, 0.2) is 127 Å². The van der Waals surface area contributed by atoms with Crippen molar-refractivity contribution in [3.8, 4) is 0 Å². The number of rotatable bonds is 14. The van der Waals surface area contributed by atoms with Crippen LogP contribution < -0.4 is 0 Å². The largest absolute Gasteiger partial charge is 0.374 e. The first-order valence-corrected chi connectivity index (χ1v) is 14.3. The molecule has 1 saturated heterocycles. The van der Waals surface area contributed by atoms with Gasteiger partial charge in [0.15, 0.2) is 0 Å². The predicted molar refractivity (Wildman–Crippen MR) is 161 cm³/mol. The number of hydrogen-bond donors (Lipinski definition) is 1. The summed E-state index contributed by atoms with van der Waals surface area (Å²) < 4.78 is 31.6. The van der Waals surface area contributed by atoms with Crippen molar-refractivity contribution in [2.24, 2.45) is 0 Å². The molecule has 0 radical (unpaired) electrons. The SMILES string of the molecule is O=C=CC1(O)O[C@H](COCc2ccccc2)[C@@H](OCc2ccccc2)[C@H](OCc2ccccc2)[C@@H]1OCc1ccccc1. The molecule has 1 aliphatic heterocycles. The van der Waals surface area contributed by atoms with Crippen LogP contribution in [0, 0.1) is 0 Å². The van der Waals surface area contributed by atoms with Gasteiger partial charge in [-0.05, 0) is 22.3 Å². The summed E-state index contributed by atoms with van der Waals surface area (Å²) in [7, 11) is 0. The fourth-order valence-corrected chi connectivity index (χ4v) is 5.08. The van der Waals surface area contributed by atoms with Crippen molar-refractivity contribution in [3.63, 3.8) is 0 Å². The van der Waals surface area contributed by atoms with Gasteiger partial charge in [0.2, 0.25) is 5.79 Å². The third-order valence-corrected chi connectivity index (χ3v) is 7.24. The monoisotopic (exact) mass is 580 g/mol. The number of aliphatic hydroxyl groups is 1. The van der Waals surface area contributed by atoms with Gasteiger partial charge in [0.05, 0.1) is 39.1 Å². The maximum atomic E-state index is 11.8. The Balaban J connectivity index is 1.45. The highest BCUT2D eigenvalue weighted by molar-refractivity contribution is 5.48. The lowest BCUT2D eigenvalue weighted by molar-refractivity contribution is -0.351. The van der Waals surface area contributed by atoms with Gasteiger partial charge >= 0.3 is 0 Å². The number of benzene rings is 4. The van der Waals surface area contributed by atoms with Crippen molar-refractivity contribution in [3.05, 3.63) is 150 Å². The topological polar surface area (TPSA) is 83.5 Å². The van der Waals surface area contributed by atoms with Crippen LogP contribution in [0.25, 0.3) is 0 Å². The summed E-state index contributed by atoms with van der Waals surface area (Å²) in [5.41, 5.74) is 3.77. The van der Waals surface area contributed by atoms with Crippen LogP contribution in [-0.2, 0) is 54.9 Å². The summed E-state index contributed by atoms with van der Waals surface area (Å²) in [4.78, 5) is 11.7. The van der Waals surface area contributed by atoms with Gasteiger partial charge in [-0.1, -0.05) is 121 Å². The average Bonchev–Trinajstić information content (AvgIpc) is 3.05. The predicted octanol–water partition coefficient (Wildman–Crippen LogP) is 5.43. The molecule has 222 valence electrons. The van der Waals surface area contributed by atoms with Crippen LogP contribution >= 0.6 is 0 Å². The van der Waals surface area contributed by atoms with Gasteiger partial charge < -0.3 is 28.8 Å². The lowest BCUT2D eigenvalue weighted by Gasteiger charge is -2.48. The number of carbonyl (C=O) groups excluding carboxylic acids is 1. The Morgan fingerprint density at radius 3 is 1.51 bits per heavy atom. The van der Waals surface area contributed by atoms with E-state index in [1.165, 1.54) is 0 Å². The molecule has 4 aromatic carbocycles. The summed E-state index contributed by atoms with van der Waals surface area (Å²) in [6.07, 6.45) is -2.55. The second kappa shape index (κ2) is 15.5. The molecule has 0 aromatic heterocycles. The minimum Gasteiger partial charge on any atom is -0.374 e. The summed E-state index contributed by atoms with van der Waals surface area (Å²) in [6, 6.07) is 38.8. The molecule has 1 fully saturated rings. The maximum Gasteiger partial charge on any atom is 0.226 e. The Labute approximate surface area is 252 Å². The highest BCUT2D eigenvalue weighted by Gasteiger charge is 2.55. The molecule has 0 bridgehead atoms. The van der Waals surface area contributed by atoms with Gasteiger partial charge in [0, 0.05) is 0 Å². The molecule has 0 aliphatic carbocycles. The van der Waals surface area contributed by atoms with Gasteiger partial charge in [0.1, 0.15) is 30.4 Å². The zero-order valence-corrected chi connectivity index (χ0v) is 23.9. The van der Waals surface area contributed by atoms with Crippen molar-refractivity contribution in [2.75, 3.05) is 6.61 Å². The summed E-state index contributed by atoms with van der Waals surface area (Å²) in [5, 5.41) is 11.8. The van der Waals surface area contributed by atoms with Crippen LogP contribution in [0.3, 0.4) is 0 Å². The first-order chi connectivity index (χ1) is 21.1. The third-order valence-electron chi connectivity index (χ3n) is 7.24. The van der Waals surface area contributed by atoms with E-state index in [4.69, 9.17) is 23.7 Å². The van der Waals surface area contributed by atoms with Crippen LogP contribution in [0.5, 0.6) is 0 Å². The Kier molecular flexibility index (Phi) is 11.0. The van der Waals surface area contributed by atoms with Gasteiger partial charge in [-0.25, -0.2) is 4.79 Å². The molecule has 5 atom stereocenters. The van der Waals surface area contributed by atoms with E-state index in [1.807, 2.05) is 121 Å². The minimum atomic E-state index is -2.15. The highest BCUT2D eigenvalue weighted by Crippen LogP contribution is 2.36. The van der Waals surface area contributed by atoms with Crippen molar-refractivity contribution < 1.29 is 33.6 Å². The fraction of sp³-hybridized carbons (Fsp3) is 0.278. The van der Waals surface area contributed by atoms with Crippen LogP contribution in [0.1, 0.15) is 22.3 Å². The zero-order valence-electron chi connectivity index (χ0n) is 23.9. The third kappa shape index (κ3) is 8.57. The van der Waals surface area contributed by atoms with Crippen LogP contribution in [0.2, 0.25) is 0 Å². The lowest BCUT2D eigenvalue weighted by Crippen LogP contribution is -2.66. The van der Waals surface area contributed by atoms with Crippen LogP contribution in [-0.4, -0.2) is 47.9 Å². The van der Waals surface area contributed by atoms with Crippen molar-refractivity contribution in [1.29, 1.82) is 0 Å². The number of ether oxygens (including phenoxy) is 5. The minimum absolute atomic E-state index is 0.0694. The first-order valence-electron chi connectivity index (χ1n) is 14.3. The Bertz CT molecular complexity index is 1410. The highest BCUT2D eigenvalue weighted by atomic mass is 16.7. The molecule has 1 heterocycles. The molecular weight excluding hydrogens is 544 g/mol. The second-order valence-corrected chi connectivity index (χ2v) is 10.4. The summed E-state index contributed by atoms with van der Waals surface area (Å²) in [5.74, 6) is -0.439. The van der Waals surface area contributed by atoms with E-state index < -0.39 is 30.2 Å². The molecule has 0 amide bonds. The van der Waals surface area contributed by atoms with Crippen LogP contribution in [0.4, 0.5) is 0 Å². The van der Waals surface area contributed by atoms with E-state index in [2.05, 4.69) is 0 Å². The van der Waals surface area contributed by atoms with Crippen molar-refractivity contribution in [1.82, 2.24) is 0 Å². The van der Waals surface area contributed by atoms with Gasteiger partial charge in [-0.15, -0.1) is 0 Å². The molecule has 0 spiro atoms. The molecule has 43 heavy (non-hydrogen) atoms. The number of hydrogen-bond acceptors (Lipinski definition) is 7. The van der Waals surface area contributed by atoms with E-state index in [0.717, 1.165) is 28.3 Å². The summed E-state index contributed by atoms with van der Waals surface area (Å²) >= 11 is 0. The fourth-order valence-electron chi connectivity index (χ4n) is 5.08. The summed E-state index contributed by atoms with van der Waals surface area (Å²) in [6.45, 7) is 1.04. The standard InChI is InChI=1S/C36H36O7/c37-22-21-36(38)35(42-26-31-19-11-4-12-20-31)34(41-25-30-17-9-3-10-18-30)33(40-24-29-15-7-2-8-16-29)32(43-36)27-39-23-28-13-5-1-6-14-28/h1-21,32-35,38H,23-27H2/t32-,33-,34+,35+,36?/m1/s1. The molecule has 1 aliphatic rings. The zero-order chi connectivity index (χ0) is 29.7. The molecule has 7 heteroatoms. The first kappa shape index (κ1) is 30.5. The second-order valence-electron chi connectivity index (χ2n) is 10.4. The molecular formula is C36H36O7. The molecule has 1 unspecified atom stereocenters. The molecule has 4 aromatic rings. The Morgan fingerprint density at radius 2 is 1.05 bits per heavy atom. The average molecular weight is 581 g/mol. The Hall–Kier alpha value is -3.91. The van der Waals surface area contributed by atoms with E-state index in [0.29, 0.717) is 6.61 Å².